The van der Waals surface area contributed by atoms with Gasteiger partial charge in [-0.1, -0.05) is 17.3 Å². The molecule has 0 aliphatic carbocycles. The number of hydrogen-bond acceptors (Lipinski definition) is 4. The minimum atomic E-state index is -0.968. The van der Waals surface area contributed by atoms with Crippen LogP contribution in [0.2, 0.25) is 0 Å². The number of aromatic nitrogens is 1. The van der Waals surface area contributed by atoms with Gasteiger partial charge in [-0.15, -0.1) is 0 Å². The fourth-order valence-corrected chi connectivity index (χ4v) is 1.27. The van der Waals surface area contributed by atoms with E-state index in [-0.39, 0.29) is 4.88 Å². The highest BCUT2D eigenvalue weighted by Gasteiger charge is 2.05. The molecule has 1 aromatic heterocycles. The molecule has 0 aliphatic heterocycles. The van der Waals surface area contributed by atoms with Crippen LogP contribution in [-0.2, 0) is 0 Å². The van der Waals surface area contributed by atoms with Gasteiger partial charge in [0, 0.05) is 13.0 Å². The SMILES string of the molecule is NCCC#Cc1ncc(C(=O)O)s1. The summed E-state index contributed by atoms with van der Waals surface area (Å²) in [6, 6.07) is 0. The molecule has 1 heterocycles. The number of carboxylic acids is 1. The van der Waals surface area contributed by atoms with Crippen LogP contribution in [-0.4, -0.2) is 22.6 Å². The minimum absolute atomic E-state index is 0.206. The van der Waals surface area contributed by atoms with E-state index in [1.165, 1.54) is 6.20 Å². The zero-order valence-corrected chi connectivity index (χ0v) is 7.60. The maximum atomic E-state index is 10.4. The Hall–Kier alpha value is -1.38. The van der Waals surface area contributed by atoms with E-state index in [2.05, 4.69) is 16.8 Å². The lowest BCUT2D eigenvalue weighted by Gasteiger charge is -1.79. The molecule has 5 heteroatoms. The summed E-state index contributed by atoms with van der Waals surface area (Å²) in [5, 5.41) is 9.09. The van der Waals surface area contributed by atoms with Gasteiger partial charge in [-0.25, -0.2) is 9.78 Å². The van der Waals surface area contributed by atoms with Gasteiger partial charge >= 0.3 is 5.97 Å². The summed E-state index contributed by atoms with van der Waals surface area (Å²) in [5.74, 6) is 4.55. The fraction of sp³-hybridized carbons (Fsp3) is 0.250. The number of aromatic carboxylic acids is 1. The van der Waals surface area contributed by atoms with Crippen LogP contribution >= 0.6 is 11.3 Å². The molecule has 68 valence electrons. The highest BCUT2D eigenvalue weighted by atomic mass is 32.1. The van der Waals surface area contributed by atoms with E-state index in [4.69, 9.17) is 10.8 Å². The highest BCUT2D eigenvalue weighted by Crippen LogP contribution is 2.10. The fourth-order valence-electron chi connectivity index (χ4n) is 0.641. The number of thiazole rings is 1. The zero-order valence-electron chi connectivity index (χ0n) is 6.78. The van der Waals surface area contributed by atoms with Crippen molar-refractivity contribution in [1.82, 2.24) is 4.98 Å². The Morgan fingerprint density at radius 3 is 3.08 bits per heavy atom. The highest BCUT2D eigenvalue weighted by molar-refractivity contribution is 7.14. The van der Waals surface area contributed by atoms with Gasteiger partial charge in [0.25, 0.3) is 0 Å². The average molecular weight is 196 g/mol. The second-order valence-corrected chi connectivity index (χ2v) is 3.21. The normalized spacial score (nSPS) is 9.00. The van der Waals surface area contributed by atoms with Gasteiger partial charge in [-0.3, -0.25) is 0 Å². The van der Waals surface area contributed by atoms with Crippen molar-refractivity contribution in [3.8, 4) is 11.8 Å². The van der Waals surface area contributed by atoms with Crippen LogP contribution in [0.5, 0.6) is 0 Å². The minimum Gasteiger partial charge on any atom is -0.477 e. The molecular weight excluding hydrogens is 188 g/mol. The molecule has 0 bridgehead atoms. The maximum absolute atomic E-state index is 10.4. The van der Waals surface area contributed by atoms with Gasteiger partial charge in [-0.2, -0.15) is 0 Å². The Balaban J connectivity index is 2.71. The maximum Gasteiger partial charge on any atom is 0.347 e. The lowest BCUT2D eigenvalue weighted by molar-refractivity contribution is 0.0702. The van der Waals surface area contributed by atoms with Crippen molar-refractivity contribution in [2.24, 2.45) is 5.73 Å². The van der Waals surface area contributed by atoms with E-state index in [1.807, 2.05) is 0 Å². The van der Waals surface area contributed by atoms with Crippen LogP contribution in [0.4, 0.5) is 0 Å². The van der Waals surface area contributed by atoms with Crippen LogP contribution in [0, 0.1) is 11.8 Å². The molecule has 0 aliphatic rings. The number of nitrogens with zero attached hydrogens (tertiary/aromatic N) is 1. The van der Waals surface area contributed by atoms with E-state index in [9.17, 15) is 4.79 Å². The molecule has 0 fully saturated rings. The van der Waals surface area contributed by atoms with E-state index < -0.39 is 5.97 Å². The molecule has 13 heavy (non-hydrogen) atoms. The Bertz CT molecular complexity index is 362. The summed E-state index contributed by atoms with van der Waals surface area (Å²) >= 11 is 1.07. The topological polar surface area (TPSA) is 76.2 Å². The standard InChI is InChI=1S/C8H8N2O2S/c9-4-2-1-3-7-10-5-6(13-7)8(11)12/h5H,2,4,9H2,(H,11,12). The third-order valence-corrected chi connectivity index (χ3v) is 2.08. The molecule has 0 saturated carbocycles. The Morgan fingerprint density at radius 2 is 2.54 bits per heavy atom. The molecule has 0 unspecified atom stereocenters. The lowest BCUT2D eigenvalue weighted by atomic mass is 10.4. The lowest BCUT2D eigenvalue weighted by Crippen LogP contribution is -1.95. The number of nitrogens with two attached hydrogens (primary N) is 1. The van der Waals surface area contributed by atoms with Gasteiger partial charge in [0.1, 0.15) is 4.88 Å². The molecule has 0 atom stereocenters. The Labute approximate surface area is 79.4 Å². The second kappa shape index (κ2) is 4.60. The zero-order chi connectivity index (χ0) is 9.68. The van der Waals surface area contributed by atoms with Gasteiger partial charge in [0.05, 0.1) is 6.20 Å². The molecule has 0 aromatic carbocycles. The molecule has 4 nitrogen and oxygen atoms in total. The summed E-state index contributed by atoms with van der Waals surface area (Å²) in [7, 11) is 0. The quantitative estimate of drug-likeness (QED) is 0.677. The van der Waals surface area contributed by atoms with Crippen molar-refractivity contribution in [1.29, 1.82) is 0 Å². The predicted molar refractivity (Wildman–Crippen MR) is 49.6 cm³/mol. The molecule has 0 amide bonds. The van der Waals surface area contributed by atoms with Crippen molar-refractivity contribution in [3.63, 3.8) is 0 Å². The third-order valence-electron chi connectivity index (χ3n) is 1.18. The van der Waals surface area contributed by atoms with Crippen LogP contribution in [0.25, 0.3) is 0 Å². The van der Waals surface area contributed by atoms with Gasteiger partial charge in [-0.05, 0) is 5.92 Å². The van der Waals surface area contributed by atoms with Crippen molar-refractivity contribution in [2.75, 3.05) is 6.54 Å². The molecule has 0 spiro atoms. The van der Waals surface area contributed by atoms with Crippen LogP contribution in [0.15, 0.2) is 6.20 Å². The first-order valence-electron chi connectivity index (χ1n) is 3.62. The molecule has 0 radical (unpaired) electrons. The number of hydrogen-bond donors (Lipinski definition) is 2. The first kappa shape index (κ1) is 9.71. The summed E-state index contributed by atoms with van der Waals surface area (Å²) in [5.41, 5.74) is 5.23. The van der Waals surface area contributed by atoms with Gasteiger partial charge < -0.3 is 10.8 Å². The van der Waals surface area contributed by atoms with E-state index in [0.29, 0.717) is 18.0 Å². The summed E-state index contributed by atoms with van der Waals surface area (Å²) < 4.78 is 0. The van der Waals surface area contributed by atoms with Crippen LogP contribution < -0.4 is 5.73 Å². The van der Waals surface area contributed by atoms with Crippen LogP contribution in [0.1, 0.15) is 21.1 Å². The molecule has 1 aromatic rings. The number of carboxylic acid groups (broad SMARTS) is 1. The van der Waals surface area contributed by atoms with E-state index >= 15 is 0 Å². The summed E-state index contributed by atoms with van der Waals surface area (Å²) in [6.45, 7) is 0.504. The largest absolute Gasteiger partial charge is 0.477 e. The molecule has 3 N–H and O–H groups in total. The van der Waals surface area contributed by atoms with Crippen molar-refractivity contribution in [2.45, 2.75) is 6.42 Å². The molecular formula is C8H8N2O2S. The number of rotatable bonds is 2. The van der Waals surface area contributed by atoms with E-state index in [1.54, 1.807) is 0 Å². The summed E-state index contributed by atoms with van der Waals surface area (Å²) in [6.07, 6.45) is 1.90. The van der Waals surface area contributed by atoms with Gasteiger partial charge in [0.15, 0.2) is 5.01 Å². The van der Waals surface area contributed by atoms with Gasteiger partial charge in [0.2, 0.25) is 0 Å². The third kappa shape index (κ3) is 2.86. The van der Waals surface area contributed by atoms with Crippen molar-refractivity contribution >= 4 is 17.3 Å². The first-order chi connectivity index (χ1) is 6.24. The van der Waals surface area contributed by atoms with E-state index in [0.717, 1.165) is 11.3 Å². The first-order valence-corrected chi connectivity index (χ1v) is 4.43. The van der Waals surface area contributed by atoms with Crippen LogP contribution in [0.3, 0.4) is 0 Å². The second-order valence-electron chi connectivity index (χ2n) is 2.18. The molecule has 1 rings (SSSR count). The van der Waals surface area contributed by atoms with Crippen molar-refractivity contribution in [3.05, 3.63) is 16.1 Å². The molecule has 0 saturated heterocycles. The monoisotopic (exact) mass is 196 g/mol. The predicted octanol–water partition coefficient (Wildman–Crippen LogP) is 0.542. The van der Waals surface area contributed by atoms with Crippen molar-refractivity contribution < 1.29 is 9.90 Å². The number of carbonyl (C=O) groups is 1. The summed E-state index contributed by atoms with van der Waals surface area (Å²) in [4.78, 5) is 14.5. The smallest absolute Gasteiger partial charge is 0.347 e. The Kier molecular flexibility index (Phi) is 3.43. The average Bonchev–Trinajstić information content (AvgIpc) is 2.53. The Morgan fingerprint density at radius 1 is 1.77 bits per heavy atom.